The molecule has 4 heteroatoms. The highest BCUT2D eigenvalue weighted by atomic mass is 32.2. The number of rotatable bonds is 2. The summed E-state index contributed by atoms with van der Waals surface area (Å²) in [6.45, 7) is 5.73. The molecule has 0 aliphatic heterocycles. The molecular weight excluding hydrogens is 232 g/mol. The Hall–Kier alpha value is -1.42. The third-order valence-electron chi connectivity index (χ3n) is 2.36. The summed E-state index contributed by atoms with van der Waals surface area (Å²) in [5.74, 6) is 0. The van der Waals surface area contributed by atoms with Crippen molar-refractivity contribution in [1.29, 1.82) is 0 Å². The lowest BCUT2D eigenvalue weighted by atomic mass is 10.2. The molecule has 3 nitrogen and oxygen atoms in total. The van der Waals surface area contributed by atoms with Crippen LogP contribution < -0.4 is 0 Å². The summed E-state index contributed by atoms with van der Waals surface area (Å²) in [4.78, 5) is 3.22. The topological polar surface area (TPSA) is 45.2 Å². The van der Waals surface area contributed by atoms with E-state index in [0.717, 1.165) is 16.6 Å². The summed E-state index contributed by atoms with van der Waals surface area (Å²) in [5, 5.41) is 1.13. The molecule has 0 amide bonds. The van der Waals surface area contributed by atoms with Gasteiger partial charge in [0.1, 0.15) is 11.0 Å². The van der Waals surface area contributed by atoms with Gasteiger partial charge >= 0.3 is 0 Å². The molecule has 0 bridgehead atoms. The Morgan fingerprint density at radius 3 is 2.65 bits per heavy atom. The molecule has 90 valence electrons. The molecule has 0 saturated carbocycles. The highest BCUT2D eigenvalue weighted by Crippen LogP contribution is 2.15. The van der Waals surface area contributed by atoms with Crippen LogP contribution in [-0.2, 0) is 11.0 Å². The van der Waals surface area contributed by atoms with Crippen molar-refractivity contribution in [2.75, 3.05) is 0 Å². The molecule has 17 heavy (non-hydrogen) atoms. The summed E-state index contributed by atoms with van der Waals surface area (Å²) >= 11 is 0. The fourth-order valence-electron chi connectivity index (χ4n) is 1.43. The van der Waals surface area contributed by atoms with E-state index >= 15 is 0 Å². The molecule has 0 fully saturated rings. The van der Waals surface area contributed by atoms with E-state index in [2.05, 4.69) is 9.38 Å². The third-order valence-corrected chi connectivity index (χ3v) is 3.71. The van der Waals surface area contributed by atoms with Gasteiger partial charge in [-0.15, -0.1) is 0 Å². The van der Waals surface area contributed by atoms with Crippen LogP contribution in [0.25, 0.3) is 10.9 Å². The van der Waals surface area contributed by atoms with Gasteiger partial charge in [0.2, 0.25) is 0 Å². The quantitative estimate of drug-likeness (QED) is 0.816. The maximum Gasteiger partial charge on any atom is 0.144 e. The van der Waals surface area contributed by atoms with E-state index in [1.54, 1.807) is 6.21 Å². The number of H-pyrrole nitrogens is 1. The normalized spacial score (nSPS) is 14.5. The van der Waals surface area contributed by atoms with Crippen LogP contribution in [0.15, 0.2) is 34.7 Å². The van der Waals surface area contributed by atoms with Crippen LogP contribution in [0.1, 0.15) is 26.5 Å². The Balaban J connectivity index is 2.24. The van der Waals surface area contributed by atoms with Gasteiger partial charge in [0, 0.05) is 10.9 Å². The van der Waals surface area contributed by atoms with Gasteiger partial charge in [0.15, 0.2) is 0 Å². The molecule has 1 heterocycles. The number of aromatic amines is 1. The van der Waals surface area contributed by atoms with Crippen LogP contribution in [0.5, 0.6) is 0 Å². The smallest absolute Gasteiger partial charge is 0.144 e. The number of hydrogen-bond donors (Lipinski definition) is 1. The minimum Gasteiger partial charge on any atom is -0.354 e. The Labute approximate surface area is 104 Å². The number of fused-ring (bicyclic) bond motifs is 1. The van der Waals surface area contributed by atoms with E-state index in [-0.39, 0.29) is 4.75 Å². The standard InChI is InChI=1S/C13H16N2OS/c1-13(2,3)17(16)14-9-11-8-10-6-4-5-7-12(10)15-11/h4-9,15H,1-3H3/b14-9+/t17-/m1/s1. The maximum absolute atomic E-state index is 11.8. The van der Waals surface area contributed by atoms with E-state index in [9.17, 15) is 4.21 Å². The van der Waals surface area contributed by atoms with Crippen molar-refractivity contribution in [1.82, 2.24) is 4.98 Å². The first kappa shape index (κ1) is 12.0. The molecule has 0 spiro atoms. The second-order valence-corrected chi connectivity index (χ2v) is 6.84. The van der Waals surface area contributed by atoms with Crippen LogP contribution in [0.4, 0.5) is 0 Å². The van der Waals surface area contributed by atoms with Crippen molar-refractivity contribution in [3.8, 4) is 0 Å². The van der Waals surface area contributed by atoms with Gasteiger partial charge < -0.3 is 4.98 Å². The lowest BCUT2D eigenvalue weighted by Gasteiger charge is -2.12. The molecule has 1 atom stereocenters. The zero-order valence-corrected chi connectivity index (χ0v) is 11.0. The summed E-state index contributed by atoms with van der Waals surface area (Å²) in [7, 11) is -1.21. The molecule has 2 aromatic rings. The minimum absolute atomic E-state index is 0.317. The van der Waals surface area contributed by atoms with Crippen LogP contribution in [0, 0.1) is 0 Å². The van der Waals surface area contributed by atoms with Gasteiger partial charge in [-0.3, -0.25) is 0 Å². The molecule has 0 aliphatic rings. The number of para-hydroxylation sites is 1. The number of aromatic nitrogens is 1. The molecule has 0 saturated heterocycles. The van der Waals surface area contributed by atoms with Crippen LogP contribution in [0.3, 0.4) is 0 Å². The fourth-order valence-corrected chi connectivity index (χ4v) is 1.95. The van der Waals surface area contributed by atoms with Gasteiger partial charge in [-0.05, 0) is 32.9 Å². The summed E-state index contributed by atoms with van der Waals surface area (Å²) < 4.78 is 15.5. The molecular formula is C13H16N2OS. The Morgan fingerprint density at radius 2 is 2.00 bits per heavy atom. The van der Waals surface area contributed by atoms with Crippen LogP contribution >= 0.6 is 0 Å². The van der Waals surface area contributed by atoms with Gasteiger partial charge in [0.25, 0.3) is 0 Å². The summed E-state index contributed by atoms with van der Waals surface area (Å²) in [5.41, 5.74) is 1.94. The number of benzene rings is 1. The second-order valence-electron chi connectivity index (χ2n) is 4.91. The highest BCUT2D eigenvalue weighted by Gasteiger charge is 2.18. The maximum atomic E-state index is 11.8. The van der Waals surface area contributed by atoms with Gasteiger partial charge in [-0.2, -0.15) is 4.40 Å². The monoisotopic (exact) mass is 248 g/mol. The molecule has 2 rings (SSSR count). The molecule has 1 aromatic carbocycles. The SMILES string of the molecule is CC(C)(C)[S@@](=O)/N=C/c1cc2ccccc2[nH]1. The molecule has 1 N–H and O–H groups in total. The third kappa shape index (κ3) is 2.82. The van der Waals surface area contributed by atoms with Gasteiger partial charge in [-0.1, -0.05) is 18.2 Å². The zero-order valence-electron chi connectivity index (χ0n) is 10.2. The minimum atomic E-state index is -1.21. The second kappa shape index (κ2) is 4.45. The molecule has 0 unspecified atom stereocenters. The van der Waals surface area contributed by atoms with Gasteiger partial charge in [-0.25, -0.2) is 4.21 Å². The lowest BCUT2D eigenvalue weighted by molar-refractivity contribution is 0.651. The van der Waals surface area contributed by atoms with E-state index in [0.29, 0.717) is 0 Å². The predicted molar refractivity (Wildman–Crippen MR) is 73.8 cm³/mol. The van der Waals surface area contributed by atoms with Crippen molar-refractivity contribution in [3.05, 3.63) is 36.0 Å². The van der Waals surface area contributed by atoms with Crippen molar-refractivity contribution < 1.29 is 4.21 Å². The average molecular weight is 248 g/mol. The van der Waals surface area contributed by atoms with Crippen molar-refractivity contribution in [2.45, 2.75) is 25.5 Å². The fraction of sp³-hybridized carbons (Fsp3) is 0.308. The Morgan fingerprint density at radius 1 is 1.29 bits per heavy atom. The van der Waals surface area contributed by atoms with Crippen molar-refractivity contribution >= 4 is 28.1 Å². The Kier molecular flexibility index (Phi) is 3.15. The lowest BCUT2D eigenvalue weighted by Crippen LogP contribution is -2.19. The van der Waals surface area contributed by atoms with Crippen LogP contribution in [-0.4, -0.2) is 20.2 Å². The first-order valence-corrected chi connectivity index (χ1v) is 6.61. The highest BCUT2D eigenvalue weighted by molar-refractivity contribution is 7.85. The largest absolute Gasteiger partial charge is 0.354 e. The van der Waals surface area contributed by atoms with Crippen LogP contribution in [0.2, 0.25) is 0 Å². The Bertz CT molecular complexity index is 545. The molecule has 0 radical (unpaired) electrons. The molecule has 0 aliphatic carbocycles. The van der Waals surface area contributed by atoms with Crippen molar-refractivity contribution in [3.63, 3.8) is 0 Å². The van der Waals surface area contributed by atoms with E-state index in [1.807, 2.05) is 51.1 Å². The van der Waals surface area contributed by atoms with E-state index < -0.39 is 11.0 Å². The van der Waals surface area contributed by atoms with Crippen molar-refractivity contribution in [2.24, 2.45) is 4.40 Å². The predicted octanol–water partition coefficient (Wildman–Crippen LogP) is 3.05. The first-order valence-electron chi connectivity index (χ1n) is 5.50. The summed E-state index contributed by atoms with van der Waals surface area (Å²) in [6.07, 6.45) is 1.64. The zero-order chi connectivity index (χ0) is 12.5. The van der Waals surface area contributed by atoms with E-state index in [1.165, 1.54) is 0 Å². The van der Waals surface area contributed by atoms with Gasteiger partial charge in [0.05, 0.1) is 16.7 Å². The average Bonchev–Trinajstić information content (AvgIpc) is 2.66. The number of nitrogens with one attached hydrogen (secondary N) is 1. The summed E-state index contributed by atoms with van der Waals surface area (Å²) in [6, 6.07) is 10.0. The van der Waals surface area contributed by atoms with E-state index in [4.69, 9.17) is 0 Å². The first-order chi connectivity index (χ1) is 7.97. The number of nitrogens with zero attached hydrogens (tertiary/aromatic N) is 1. The molecule has 1 aromatic heterocycles. The number of hydrogen-bond acceptors (Lipinski definition) is 1.